The largest absolute Gasteiger partial charge is 0.335 e. The van der Waals surface area contributed by atoms with E-state index < -0.39 is 0 Å². The van der Waals surface area contributed by atoms with Gasteiger partial charge in [0.1, 0.15) is 0 Å². The molecule has 0 saturated carbocycles. The zero-order valence-corrected chi connectivity index (χ0v) is 10.6. The predicted octanol–water partition coefficient (Wildman–Crippen LogP) is 2.06. The molecule has 92 valence electrons. The second-order valence-corrected chi connectivity index (χ2v) is 4.17. The molecule has 0 saturated heterocycles. The number of benzene rings is 1. The molecule has 0 bridgehead atoms. The SMILES string of the molecule is CCC(=O)N(C)[C@@H](Cc1ccccc1)C(C)=O. The minimum absolute atomic E-state index is 0.00105. The lowest BCUT2D eigenvalue weighted by molar-refractivity contribution is -0.137. The Balaban J connectivity index is 2.81. The fourth-order valence-electron chi connectivity index (χ4n) is 1.81. The minimum atomic E-state index is -0.357. The Morgan fingerprint density at radius 1 is 1.24 bits per heavy atom. The van der Waals surface area contributed by atoms with Crippen LogP contribution in [0.3, 0.4) is 0 Å². The van der Waals surface area contributed by atoms with Gasteiger partial charge in [0.25, 0.3) is 0 Å². The van der Waals surface area contributed by atoms with Crippen molar-refractivity contribution in [2.75, 3.05) is 7.05 Å². The molecule has 0 spiro atoms. The fraction of sp³-hybridized carbons (Fsp3) is 0.429. The highest BCUT2D eigenvalue weighted by molar-refractivity contribution is 5.87. The van der Waals surface area contributed by atoms with Crippen molar-refractivity contribution in [3.63, 3.8) is 0 Å². The molecule has 0 aliphatic carbocycles. The van der Waals surface area contributed by atoms with Gasteiger partial charge >= 0.3 is 0 Å². The first-order valence-corrected chi connectivity index (χ1v) is 5.86. The summed E-state index contributed by atoms with van der Waals surface area (Å²) in [6, 6.07) is 9.40. The second kappa shape index (κ2) is 6.18. The van der Waals surface area contributed by atoms with Crippen LogP contribution in [0.1, 0.15) is 25.8 Å². The number of rotatable bonds is 5. The van der Waals surface area contributed by atoms with E-state index in [1.165, 1.54) is 6.92 Å². The van der Waals surface area contributed by atoms with Crippen molar-refractivity contribution < 1.29 is 9.59 Å². The molecule has 1 atom stereocenters. The van der Waals surface area contributed by atoms with Crippen LogP contribution in [0, 0.1) is 0 Å². The molecule has 0 heterocycles. The lowest BCUT2D eigenvalue weighted by Gasteiger charge is -2.26. The van der Waals surface area contributed by atoms with Crippen LogP contribution >= 0.6 is 0 Å². The van der Waals surface area contributed by atoms with Crippen LogP contribution in [0.5, 0.6) is 0 Å². The molecular weight excluding hydrogens is 214 g/mol. The number of amides is 1. The molecule has 1 amide bonds. The maximum Gasteiger partial charge on any atom is 0.222 e. The van der Waals surface area contributed by atoms with Gasteiger partial charge in [-0.3, -0.25) is 9.59 Å². The molecule has 1 aromatic carbocycles. The van der Waals surface area contributed by atoms with Crippen LogP contribution in [-0.2, 0) is 16.0 Å². The number of carbonyl (C=O) groups is 2. The summed E-state index contributed by atoms with van der Waals surface area (Å²) in [5.74, 6) is 0.0271. The summed E-state index contributed by atoms with van der Waals surface area (Å²) < 4.78 is 0. The van der Waals surface area contributed by atoms with Crippen LogP contribution in [0.25, 0.3) is 0 Å². The summed E-state index contributed by atoms with van der Waals surface area (Å²) in [7, 11) is 1.70. The molecule has 0 unspecified atom stereocenters. The van der Waals surface area contributed by atoms with E-state index in [1.807, 2.05) is 30.3 Å². The summed E-state index contributed by atoms with van der Waals surface area (Å²) in [6.45, 7) is 3.34. The van der Waals surface area contributed by atoms with E-state index in [0.717, 1.165) is 5.56 Å². The first-order chi connectivity index (χ1) is 8.06. The number of Topliss-reactive ketones (excluding diaryl/α,β-unsaturated/α-hetero) is 1. The Bertz CT molecular complexity index is 386. The van der Waals surface area contributed by atoms with Gasteiger partial charge in [-0.1, -0.05) is 37.3 Å². The number of hydrogen-bond acceptors (Lipinski definition) is 2. The lowest BCUT2D eigenvalue weighted by Crippen LogP contribution is -2.42. The quantitative estimate of drug-likeness (QED) is 0.780. The van der Waals surface area contributed by atoms with Crippen LogP contribution < -0.4 is 0 Å². The van der Waals surface area contributed by atoms with E-state index >= 15 is 0 Å². The van der Waals surface area contributed by atoms with Crippen molar-refractivity contribution in [1.82, 2.24) is 4.90 Å². The molecule has 0 aliphatic heterocycles. The van der Waals surface area contributed by atoms with E-state index in [2.05, 4.69) is 0 Å². The highest BCUT2D eigenvalue weighted by Crippen LogP contribution is 2.10. The monoisotopic (exact) mass is 233 g/mol. The van der Waals surface area contributed by atoms with E-state index in [0.29, 0.717) is 12.8 Å². The summed E-state index contributed by atoms with van der Waals surface area (Å²) in [4.78, 5) is 24.8. The van der Waals surface area contributed by atoms with Crippen molar-refractivity contribution in [2.24, 2.45) is 0 Å². The average molecular weight is 233 g/mol. The molecule has 3 nitrogen and oxygen atoms in total. The molecule has 3 heteroatoms. The van der Waals surface area contributed by atoms with Gasteiger partial charge in [-0.15, -0.1) is 0 Å². The molecule has 0 aromatic heterocycles. The fourth-order valence-corrected chi connectivity index (χ4v) is 1.81. The Kier molecular flexibility index (Phi) is 4.88. The molecule has 0 fully saturated rings. The van der Waals surface area contributed by atoms with Crippen LogP contribution in [0.4, 0.5) is 0 Å². The molecule has 0 aliphatic rings. The zero-order valence-electron chi connectivity index (χ0n) is 10.6. The molecule has 17 heavy (non-hydrogen) atoms. The van der Waals surface area contributed by atoms with Crippen LogP contribution in [0.2, 0.25) is 0 Å². The number of carbonyl (C=O) groups excluding carboxylic acids is 2. The number of nitrogens with zero attached hydrogens (tertiary/aromatic N) is 1. The van der Waals surface area contributed by atoms with Crippen molar-refractivity contribution in [3.05, 3.63) is 35.9 Å². The van der Waals surface area contributed by atoms with Gasteiger partial charge in [-0.2, -0.15) is 0 Å². The van der Waals surface area contributed by atoms with E-state index in [-0.39, 0.29) is 17.7 Å². The third kappa shape index (κ3) is 3.70. The van der Waals surface area contributed by atoms with Gasteiger partial charge in [-0.05, 0) is 18.9 Å². The van der Waals surface area contributed by atoms with E-state index in [1.54, 1.807) is 18.9 Å². The van der Waals surface area contributed by atoms with Crippen molar-refractivity contribution in [2.45, 2.75) is 32.7 Å². The molecule has 0 radical (unpaired) electrons. The third-order valence-corrected chi connectivity index (χ3v) is 2.90. The van der Waals surface area contributed by atoms with Gasteiger partial charge in [0, 0.05) is 13.5 Å². The standard InChI is InChI=1S/C14H19NO2/c1-4-14(17)15(3)13(11(2)16)10-12-8-6-5-7-9-12/h5-9,13H,4,10H2,1-3H3/t13-/m0/s1. The summed E-state index contributed by atoms with van der Waals surface area (Å²) in [5.41, 5.74) is 1.07. The number of ketones is 1. The Labute approximate surface area is 102 Å². The highest BCUT2D eigenvalue weighted by Gasteiger charge is 2.22. The zero-order chi connectivity index (χ0) is 12.8. The van der Waals surface area contributed by atoms with Crippen molar-refractivity contribution in [1.29, 1.82) is 0 Å². The van der Waals surface area contributed by atoms with Crippen molar-refractivity contribution >= 4 is 11.7 Å². The first-order valence-electron chi connectivity index (χ1n) is 5.86. The van der Waals surface area contributed by atoms with Gasteiger partial charge in [0.15, 0.2) is 5.78 Å². The topological polar surface area (TPSA) is 37.4 Å². The van der Waals surface area contributed by atoms with Gasteiger partial charge in [0.05, 0.1) is 6.04 Å². The minimum Gasteiger partial charge on any atom is -0.335 e. The smallest absolute Gasteiger partial charge is 0.222 e. The summed E-state index contributed by atoms with van der Waals surface area (Å²) >= 11 is 0. The van der Waals surface area contributed by atoms with Gasteiger partial charge in [0.2, 0.25) is 5.91 Å². The Morgan fingerprint density at radius 3 is 2.29 bits per heavy atom. The number of likely N-dealkylation sites (N-methyl/N-ethyl adjacent to an activating group) is 1. The summed E-state index contributed by atoms with van der Waals surface area (Å²) in [5, 5.41) is 0. The molecular formula is C14H19NO2. The maximum absolute atomic E-state index is 11.6. The second-order valence-electron chi connectivity index (χ2n) is 4.17. The Morgan fingerprint density at radius 2 is 1.82 bits per heavy atom. The van der Waals surface area contributed by atoms with Crippen LogP contribution in [-0.4, -0.2) is 29.7 Å². The third-order valence-electron chi connectivity index (χ3n) is 2.90. The molecule has 0 N–H and O–H groups in total. The normalized spacial score (nSPS) is 11.9. The number of hydrogen-bond donors (Lipinski definition) is 0. The predicted molar refractivity (Wildman–Crippen MR) is 67.7 cm³/mol. The first kappa shape index (κ1) is 13.4. The van der Waals surface area contributed by atoms with Gasteiger partial charge in [-0.25, -0.2) is 0 Å². The van der Waals surface area contributed by atoms with E-state index in [4.69, 9.17) is 0 Å². The lowest BCUT2D eigenvalue weighted by atomic mass is 10.0. The van der Waals surface area contributed by atoms with Gasteiger partial charge < -0.3 is 4.90 Å². The summed E-state index contributed by atoms with van der Waals surface area (Å²) in [6.07, 6.45) is 1.01. The molecule has 1 rings (SSSR count). The van der Waals surface area contributed by atoms with Crippen LogP contribution in [0.15, 0.2) is 30.3 Å². The van der Waals surface area contributed by atoms with E-state index in [9.17, 15) is 9.59 Å². The average Bonchev–Trinajstić information content (AvgIpc) is 2.35. The molecule has 1 aromatic rings. The maximum atomic E-state index is 11.6. The highest BCUT2D eigenvalue weighted by atomic mass is 16.2. The van der Waals surface area contributed by atoms with Crippen molar-refractivity contribution in [3.8, 4) is 0 Å². The Hall–Kier alpha value is -1.64.